The van der Waals surface area contributed by atoms with Crippen LogP contribution >= 0.6 is 0 Å². The Morgan fingerprint density at radius 1 is 1.25 bits per heavy atom. The second-order valence-corrected chi connectivity index (χ2v) is 4.58. The molecule has 0 saturated heterocycles. The minimum atomic E-state index is -0.265. The first kappa shape index (κ1) is 14.0. The molecule has 2 aromatic carbocycles. The van der Waals surface area contributed by atoms with E-state index in [0.717, 1.165) is 11.3 Å². The van der Waals surface area contributed by atoms with Crippen molar-refractivity contribution < 1.29 is 4.39 Å². The van der Waals surface area contributed by atoms with E-state index in [1.807, 2.05) is 30.1 Å². The fourth-order valence-corrected chi connectivity index (χ4v) is 2.18. The van der Waals surface area contributed by atoms with Gasteiger partial charge in [0.1, 0.15) is 5.82 Å². The maximum atomic E-state index is 13.0. The van der Waals surface area contributed by atoms with Gasteiger partial charge in [-0.2, -0.15) is 5.26 Å². The molecule has 4 heteroatoms. The molecule has 0 aliphatic rings. The molecule has 2 rings (SSSR count). The summed E-state index contributed by atoms with van der Waals surface area (Å²) in [6.07, 6.45) is 0. The zero-order chi connectivity index (χ0) is 14.5. The molecule has 0 fully saturated rings. The molecule has 0 radical (unpaired) electrons. The third-order valence-electron chi connectivity index (χ3n) is 3.33. The first-order chi connectivity index (χ1) is 9.65. The van der Waals surface area contributed by atoms with E-state index in [2.05, 4.69) is 6.07 Å². The molecule has 0 saturated carbocycles. The third-order valence-corrected chi connectivity index (χ3v) is 3.33. The van der Waals surface area contributed by atoms with Gasteiger partial charge in [-0.15, -0.1) is 0 Å². The highest BCUT2D eigenvalue weighted by atomic mass is 19.1. The number of nitrogens with zero attached hydrogens (tertiary/aromatic N) is 2. The first-order valence-corrected chi connectivity index (χ1v) is 6.34. The summed E-state index contributed by atoms with van der Waals surface area (Å²) < 4.78 is 13.0. The van der Waals surface area contributed by atoms with Crippen LogP contribution in [0.4, 0.5) is 10.1 Å². The van der Waals surface area contributed by atoms with Crippen LogP contribution in [0.1, 0.15) is 17.2 Å². The lowest BCUT2D eigenvalue weighted by Gasteiger charge is -2.29. The molecule has 1 atom stereocenters. The topological polar surface area (TPSA) is 53.0 Å². The smallest absolute Gasteiger partial charge is 0.123 e. The van der Waals surface area contributed by atoms with E-state index in [4.69, 9.17) is 11.0 Å². The van der Waals surface area contributed by atoms with Crippen LogP contribution in [0.3, 0.4) is 0 Å². The van der Waals surface area contributed by atoms with Gasteiger partial charge in [0.25, 0.3) is 0 Å². The molecule has 0 aliphatic heterocycles. The summed E-state index contributed by atoms with van der Waals surface area (Å²) in [5.41, 5.74) is 8.30. The standard InChI is InChI=1S/C16H16FN3/c1-20(15-4-2-3-12(9-15)10-18)16(11-19)13-5-7-14(17)8-6-13/h2-9,16H,11,19H2,1H3. The Kier molecular flexibility index (Phi) is 4.34. The summed E-state index contributed by atoms with van der Waals surface area (Å²) in [6.45, 7) is 0.402. The fraction of sp³-hybridized carbons (Fsp3) is 0.188. The van der Waals surface area contributed by atoms with E-state index in [9.17, 15) is 4.39 Å². The maximum absolute atomic E-state index is 13.0. The molecule has 0 heterocycles. The number of hydrogen-bond donors (Lipinski definition) is 1. The Labute approximate surface area is 118 Å². The molecule has 3 nitrogen and oxygen atoms in total. The SMILES string of the molecule is CN(c1cccc(C#N)c1)C(CN)c1ccc(F)cc1. The highest BCUT2D eigenvalue weighted by molar-refractivity contribution is 5.52. The maximum Gasteiger partial charge on any atom is 0.123 e. The highest BCUT2D eigenvalue weighted by Gasteiger charge is 2.16. The van der Waals surface area contributed by atoms with Crippen molar-refractivity contribution in [3.63, 3.8) is 0 Å². The number of nitrogens with two attached hydrogens (primary N) is 1. The van der Waals surface area contributed by atoms with E-state index >= 15 is 0 Å². The van der Waals surface area contributed by atoms with E-state index in [0.29, 0.717) is 12.1 Å². The summed E-state index contributed by atoms with van der Waals surface area (Å²) in [4.78, 5) is 1.99. The van der Waals surface area contributed by atoms with Gasteiger partial charge < -0.3 is 10.6 Å². The van der Waals surface area contributed by atoms with E-state index in [-0.39, 0.29) is 11.9 Å². The first-order valence-electron chi connectivity index (χ1n) is 6.34. The molecule has 0 aromatic heterocycles. The number of anilines is 1. The molecule has 0 bridgehead atoms. The molecule has 2 N–H and O–H groups in total. The predicted octanol–water partition coefficient (Wildman–Crippen LogP) is 2.83. The summed E-state index contributed by atoms with van der Waals surface area (Å²) >= 11 is 0. The summed E-state index contributed by atoms with van der Waals surface area (Å²) in [5.74, 6) is -0.265. The zero-order valence-electron chi connectivity index (χ0n) is 11.3. The van der Waals surface area contributed by atoms with Gasteiger partial charge in [-0.25, -0.2) is 4.39 Å². The van der Waals surface area contributed by atoms with Crippen molar-refractivity contribution >= 4 is 5.69 Å². The minimum absolute atomic E-state index is 0.0652. The third kappa shape index (κ3) is 2.95. The average Bonchev–Trinajstić information content (AvgIpc) is 2.50. The summed E-state index contributed by atoms with van der Waals surface area (Å²) in [6, 6.07) is 15.7. The Hall–Kier alpha value is -2.38. The zero-order valence-corrected chi connectivity index (χ0v) is 11.3. The largest absolute Gasteiger partial charge is 0.366 e. The van der Waals surface area contributed by atoms with Gasteiger partial charge in [0.15, 0.2) is 0 Å². The van der Waals surface area contributed by atoms with Crippen LogP contribution in [0.15, 0.2) is 48.5 Å². The van der Waals surface area contributed by atoms with Gasteiger partial charge in [-0.1, -0.05) is 18.2 Å². The van der Waals surface area contributed by atoms with Crippen molar-refractivity contribution in [2.45, 2.75) is 6.04 Å². The van der Waals surface area contributed by atoms with Crippen molar-refractivity contribution in [1.29, 1.82) is 5.26 Å². The van der Waals surface area contributed by atoms with Crippen LogP contribution in [0, 0.1) is 17.1 Å². The minimum Gasteiger partial charge on any atom is -0.366 e. The van der Waals surface area contributed by atoms with Crippen LogP contribution in [-0.2, 0) is 0 Å². The van der Waals surface area contributed by atoms with Crippen LogP contribution in [-0.4, -0.2) is 13.6 Å². The monoisotopic (exact) mass is 269 g/mol. The Bertz CT molecular complexity index is 616. The lowest BCUT2D eigenvalue weighted by Crippen LogP contribution is -2.30. The van der Waals surface area contributed by atoms with E-state index in [1.165, 1.54) is 12.1 Å². The van der Waals surface area contributed by atoms with Crippen molar-refractivity contribution in [1.82, 2.24) is 0 Å². The Morgan fingerprint density at radius 2 is 1.95 bits per heavy atom. The molecule has 1 unspecified atom stereocenters. The van der Waals surface area contributed by atoms with Crippen molar-refractivity contribution in [3.05, 3.63) is 65.5 Å². The van der Waals surface area contributed by atoms with E-state index in [1.54, 1.807) is 18.2 Å². The van der Waals surface area contributed by atoms with Gasteiger partial charge >= 0.3 is 0 Å². The van der Waals surface area contributed by atoms with Gasteiger partial charge in [0.05, 0.1) is 17.7 Å². The predicted molar refractivity (Wildman–Crippen MR) is 77.8 cm³/mol. The Morgan fingerprint density at radius 3 is 2.55 bits per heavy atom. The van der Waals surface area contributed by atoms with Crippen LogP contribution in [0.25, 0.3) is 0 Å². The lowest BCUT2D eigenvalue weighted by molar-refractivity contribution is 0.622. The Balaban J connectivity index is 2.31. The number of hydrogen-bond acceptors (Lipinski definition) is 3. The second-order valence-electron chi connectivity index (χ2n) is 4.58. The average molecular weight is 269 g/mol. The fourth-order valence-electron chi connectivity index (χ4n) is 2.18. The van der Waals surface area contributed by atoms with Gasteiger partial charge in [0.2, 0.25) is 0 Å². The van der Waals surface area contributed by atoms with Crippen LogP contribution in [0.2, 0.25) is 0 Å². The molecular weight excluding hydrogens is 253 g/mol. The normalized spacial score (nSPS) is 11.7. The highest BCUT2D eigenvalue weighted by Crippen LogP contribution is 2.25. The number of nitriles is 1. The van der Waals surface area contributed by atoms with Gasteiger partial charge in [-0.3, -0.25) is 0 Å². The number of halogens is 1. The van der Waals surface area contributed by atoms with Crippen LogP contribution < -0.4 is 10.6 Å². The summed E-state index contributed by atoms with van der Waals surface area (Å²) in [5, 5.41) is 8.95. The molecule has 0 aliphatic carbocycles. The quantitative estimate of drug-likeness (QED) is 0.928. The number of benzene rings is 2. The van der Waals surface area contributed by atoms with Crippen molar-refractivity contribution in [2.24, 2.45) is 5.73 Å². The molecular formula is C16H16FN3. The van der Waals surface area contributed by atoms with Gasteiger partial charge in [-0.05, 0) is 35.9 Å². The van der Waals surface area contributed by atoms with E-state index < -0.39 is 0 Å². The lowest BCUT2D eigenvalue weighted by atomic mass is 10.0. The number of likely N-dealkylation sites (N-methyl/N-ethyl adjacent to an activating group) is 1. The molecule has 0 spiro atoms. The van der Waals surface area contributed by atoms with Gasteiger partial charge in [0, 0.05) is 19.3 Å². The molecule has 0 amide bonds. The molecule has 2 aromatic rings. The van der Waals surface area contributed by atoms with Crippen molar-refractivity contribution in [2.75, 3.05) is 18.5 Å². The van der Waals surface area contributed by atoms with Crippen LogP contribution in [0.5, 0.6) is 0 Å². The molecule has 102 valence electrons. The summed E-state index contributed by atoms with van der Waals surface area (Å²) in [7, 11) is 1.91. The number of rotatable bonds is 4. The second kappa shape index (κ2) is 6.18. The molecule has 20 heavy (non-hydrogen) atoms. The van der Waals surface area contributed by atoms with Crippen molar-refractivity contribution in [3.8, 4) is 6.07 Å².